The lowest BCUT2D eigenvalue weighted by Gasteiger charge is -2.15. The van der Waals surface area contributed by atoms with Gasteiger partial charge in [0.1, 0.15) is 0 Å². The van der Waals surface area contributed by atoms with Gasteiger partial charge in [-0.15, -0.1) is 0 Å². The third kappa shape index (κ3) is 2.80. The van der Waals surface area contributed by atoms with Crippen LogP contribution in [-0.4, -0.2) is 25.7 Å². The van der Waals surface area contributed by atoms with Crippen LogP contribution in [0.4, 0.5) is 5.69 Å². The number of methoxy groups -OCH3 is 1. The quantitative estimate of drug-likeness (QED) is 0.651. The van der Waals surface area contributed by atoms with E-state index in [2.05, 4.69) is 4.74 Å². The summed E-state index contributed by atoms with van der Waals surface area (Å²) in [4.78, 5) is 23.4. The SMILES string of the molecule is CCOC(=O)C(C)c1cccc(N)c1C(=O)OC. The largest absolute Gasteiger partial charge is 0.466 e. The van der Waals surface area contributed by atoms with Gasteiger partial charge in [-0.05, 0) is 25.5 Å². The van der Waals surface area contributed by atoms with Crippen molar-refractivity contribution in [2.45, 2.75) is 19.8 Å². The topological polar surface area (TPSA) is 78.6 Å². The second-order valence-corrected chi connectivity index (χ2v) is 3.78. The molecule has 0 aliphatic rings. The molecule has 1 aromatic carbocycles. The molecule has 2 N–H and O–H groups in total. The van der Waals surface area contributed by atoms with Gasteiger partial charge in [0.15, 0.2) is 0 Å². The normalized spacial score (nSPS) is 11.7. The molecule has 0 saturated heterocycles. The van der Waals surface area contributed by atoms with Crippen molar-refractivity contribution >= 4 is 17.6 Å². The summed E-state index contributed by atoms with van der Waals surface area (Å²) in [5.74, 6) is -1.52. The number of hydrogen-bond donors (Lipinski definition) is 1. The minimum absolute atomic E-state index is 0.223. The second-order valence-electron chi connectivity index (χ2n) is 3.78. The van der Waals surface area contributed by atoms with E-state index in [1.54, 1.807) is 32.0 Å². The summed E-state index contributed by atoms with van der Waals surface area (Å²) in [5.41, 5.74) is 6.78. The number of rotatable bonds is 4. The highest BCUT2D eigenvalue weighted by molar-refractivity contribution is 5.98. The van der Waals surface area contributed by atoms with E-state index in [1.165, 1.54) is 7.11 Å². The van der Waals surface area contributed by atoms with Crippen molar-refractivity contribution in [1.82, 2.24) is 0 Å². The summed E-state index contributed by atoms with van der Waals surface area (Å²) >= 11 is 0. The summed E-state index contributed by atoms with van der Waals surface area (Å²) in [6, 6.07) is 4.95. The average molecular weight is 251 g/mol. The van der Waals surface area contributed by atoms with E-state index in [4.69, 9.17) is 10.5 Å². The van der Waals surface area contributed by atoms with Crippen molar-refractivity contribution < 1.29 is 19.1 Å². The Morgan fingerprint density at radius 3 is 2.61 bits per heavy atom. The highest BCUT2D eigenvalue weighted by atomic mass is 16.5. The molecule has 18 heavy (non-hydrogen) atoms. The molecule has 1 rings (SSSR count). The lowest BCUT2D eigenvalue weighted by molar-refractivity contribution is -0.144. The fourth-order valence-corrected chi connectivity index (χ4v) is 1.68. The van der Waals surface area contributed by atoms with Crippen LogP contribution in [0.15, 0.2) is 18.2 Å². The van der Waals surface area contributed by atoms with Crippen LogP contribution in [0.3, 0.4) is 0 Å². The van der Waals surface area contributed by atoms with Crippen LogP contribution in [-0.2, 0) is 14.3 Å². The first-order chi connectivity index (χ1) is 8.52. The average Bonchev–Trinajstić information content (AvgIpc) is 2.37. The van der Waals surface area contributed by atoms with Crippen LogP contribution in [0.5, 0.6) is 0 Å². The number of benzene rings is 1. The fraction of sp³-hybridized carbons (Fsp3) is 0.385. The predicted molar refractivity (Wildman–Crippen MR) is 67.2 cm³/mol. The molecule has 1 aromatic rings. The van der Waals surface area contributed by atoms with Gasteiger partial charge >= 0.3 is 11.9 Å². The molecule has 0 radical (unpaired) electrons. The first kappa shape index (κ1) is 14.0. The van der Waals surface area contributed by atoms with Gasteiger partial charge in [-0.1, -0.05) is 12.1 Å². The Balaban J connectivity index is 3.19. The molecule has 0 fully saturated rings. The summed E-state index contributed by atoms with van der Waals surface area (Å²) in [6.45, 7) is 3.68. The van der Waals surface area contributed by atoms with Gasteiger partial charge in [0.25, 0.3) is 0 Å². The Hall–Kier alpha value is -2.04. The molecule has 98 valence electrons. The van der Waals surface area contributed by atoms with Crippen molar-refractivity contribution in [1.29, 1.82) is 0 Å². The maximum Gasteiger partial charge on any atom is 0.340 e. The zero-order chi connectivity index (χ0) is 13.7. The van der Waals surface area contributed by atoms with E-state index < -0.39 is 17.9 Å². The molecule has 0 saturated carbocycles. The molecule has 0 spiro atoms. The summed E-state index contributed by atoms with van der Waals surface area (Å²) in [7, 11) is 1.27. The first-order valence-corrected chi connectivity index (χ1v) is 5.66. The molecular formula is C13H17NO4. The van der Waals surface area contributed by atoms with Crippen LogP contribution in [0.1, 0.15) is 35.7 Å². The minimum Gasteiger partial charge on any atom is -0.466 e. The van der Waals surface area contributed by atoms with E-state index in [0.29, 0.717) is 12.2 Å². The van der Waals surface area contributed by atoms with Crippen molar-refractivity contribution in [3.63, 3.8) is 0 Å². The number of anilines is 1. The molecule has 1 atom stereocenters. The van der Waals surface area contributed by atoms with Crippen LogP contribution >= 0.6 is 0 Å². The lowest BCUT2D eigenvalue weighted by Crippen LogP contribution is -2.18. The molecular weight excluding hydrogens is 234 g/mol. The zero-order valence-electron chi connectivity index (χ0n) is 10.7. The highest BCUT2D eigenvalue weighted by Gasteiger charge is 2.24. The Morgan fingerprint density at radius 2 is 2.06 bits per heavy atom. The molecule has 0 aromatic heterocycles. The van der Waals surface area contributed by atoms with E-state index >= 15 is 0 Å². The Labute approximate surface area is 106 Å². The molecule has 0 amide bonds. The molecule has 5 heteroatoms. The number of carbonyl (C=O) groups is 2. The molecule has 0 bridgehead atoms. The van der Waals surface area contributed by atoms with E-state index in [1.807, 2.05) is 0 Å². The Morgan fingerprint density at radius 1 is 1.39 bits per heavy atom. The number of carbonyl (C=O) groups excluding carboxylic acids is 2. The predicted octanol–water partition coefficient (Wildman–Crippen LogP) is 1.72. The number of ether oxygens (including phenoxy) is 2. The van der Waals surface area contributed by atoms with Crippen molar-refractivity contribution in [3.05, 3.63) is 29.3 Å². The Kier molecular flexibility index (Phi) is 4.71. The Bertz CT molecular complexity index is 456. The third-order valence-corrected chi connectivity index (χ3v) is 2.63. The lowest BCUT2D eigenvalue weighted by atomic mass is 9.94. The summed E-state index contributed by atoms with van der Waals surface area (Å²) < 4.78 is 9.61. The van der Waals surface area contributed by atoms with E-state index in [9.17, 15) is 9.59 Å². The standard InChI is InChI=1S/C13H17NO4/c1-4-18-12(15)8(2)9-6-5-7-10(14)11(9)13(16)17-3/h5-8H,4,14H2,1-3H3. The summed E-state index contributed by atoms with van der Waals surface area (Å²) in [6.07, 6.45) is 0. The minimum atomic E-state index is -0.567. The van der Waals surface area contributed by atoms with Crippen LogP contribution < -0.4 is 5.73 Å². The van der Waals surface area contributed by atoms with Gasteiger partial charge in [-0.3, -0.25) is 4.79 Å². The zero-order valence-corrected chi connectivity index (χ0v) is 10.7. The van der Waals surface area contributed by atoms with Gasteiger partial charge in [0.05, 0.1) is 25.2 Å². The van der Waals surface area contributed by atoms with Crippen LogP contribution in [0.25, 0.3) is 0 Å². The van der Waals surface area contributed by atoms with Crippen LogP contribution in [0, 0.1) is 0 Å². The second kappa shape index (κ2) is 6.05. The van der Waals surface area contributed by atoms with Gasteiger partial charge in [0.2, 0.25) is 0 Å². The maximum atomic E-state index is 11.7. The fourth-order valence-electron chi connectivity index (χ4n) is 1.68. The number of hydrogen-bond acceptors (Lipinski definition) is 5. The third-order valence-electron chi connectivity index (χ3n) is 2.63. The van der Waals surface area contributed by atoms with Gasteiger partial charge in [-0.2, -0.15) is 0 Å². The summed E-state index contributed by atoms with van der Waals surface area (Å²) in [5, 5.41) is 0. The van der Waals surface area contributed by atoms with E-state index in [-0.39, 0.29) is 11.3 Å². The monoisotopic (exact) mass is 251 g/mol. The number of nitrogen functional groups attached to an aromatic ring is 1. The molecule has 0 aliphatic heterocycles. The van der Waals surface area contributed by atoms with Crippen molar-refractivity contribution in [3.8, 4) is 0 Å². The number of esters is 2. The van der Waals surface area contributed by atoms with Crippen LogP contribution in [0.2, 0.25) is 0 Å². The van der Waals surface area contributed by atoms with E-state index in [0.717, 1.165) is 0 Å². The highest BCUT2D eigenvalue weighted by Crippen LogP contribution is 2.26. The molecule has 1 unspecified atom stereocenters. The number of nitrogens with two attached hydrogens (primary N) is 1. The maximum absolute atomic E-state index is 11.7. The van der Waals surface area contributed by atoms with Crippen molar-refractivity contribution in [2.75, 3.05) is 19.5 Å². The molecule has 0 aliphatic carbocycles. The first-order valence-electron chi connectivity index (χ1n) is 5.66. The molecule has 5 nitrogen and oxygen atoms in total. The van der Waals surface area contributed by atoms with Gasteiger partial charge in [-0.25, -0.2) is 4.79 Å². The van der Waals surface area contributed by atoms with Gasteiger partial charge in [0, 0.05) is 5.69 Å². The van der Waals surface area contributed by atoms with Gasteiger partial charge < -0.3 is 15.2 Å². The smallest absolute Gasteiger partial charge is 0.340 e. The van der Waals surface area contributed by atoms with Crippen molar-refractivity contribution in [2.24, 2.45) is 0 Å². The molecule has 0 heterocycles.